The first-order chi connectivity index (χ1) is 11.5. The molecular formula is C16H20N6O2. The molecule has 8 nitrogen and oxygen atoms in total. The Labute approximate surface area is 139 Å². The molecule has 0 aliphatic heterocycles. The lowest BCUT2D eigenvalue weighted by atomic mass is 10.2. The third kappa shape index (κ3) is 5.24. The van der Waals surface area contributed by atoms with E-state index in [1.165, 1.54) is 6.20 Å². The quantitative estimate of drug-likeness (QED) is 0.530. The SMILES string of the molecule is C=C(N=C/C(=C\N)c1cccc(COC(=O)N=C(N)N)n1)C1CC1. The Morgan fingerprint density at radius 1 is 1.42 bits per heavy atom. The van der Waals surface area contributed by atoms with Crippen molar-refractivity contribution < 1.29 is 9.53 Å². The Balaban J connectivity index is 2.03. The van der Waals surface area contributed by atoms with E-state index in [1.807, 2.05) is 0 Å². The van der Waals surface area contributed by atoms with Gasteiger partial charge in [-0.05, 0) is 25.0 Å². The molecule has 8 heteroatoms. The van der Waals surface area contributed by atoms with Gasteiger partial charge in [0.15, 0.2) is 5.96 Å². The van der Waals surface area contributed by atoms with Crippen LogP contribution >= 0.6 is 0 Å². The van der Waals surface area contributed by atoms with E-state index in [0.717, 1.165) is 18.5 Å². The number of hydrogen-bond donors (Lipinski definition) is 3. The molecule has 1 aromatic heterocycles. The average molecular weight is 328 g/mol. The van der Waals surface area contributed by atoms with Crippen molar-refractivity contribution >= 4 is 23.8 Å². The van der Waals surface area contributed by atoms with Crippen LogP contribution in [0.15, 0.2) is 46.7 Å². The second-order valence-electron chi connectivity index (χ2n) is 5.25. The lowest BCUT2D eigenvalue weighted by molar-refractivity contribution is 0.149. The van der Waals surface area contributed by atoms with Gasteiger partial charge >= 0.3 is 6.09 Å². The molecule has 0 spiro atoms. The molecule has 0 saturated heterocycles. The minimum Gasteiger partial charge on any atom is -0.441 e. The molecule has 126 valence electrons. The van der Waals surface area contributed by atoms with Crippen LogP contribution in [0, 0.1) is 5.92 Å². The summed E-state index contributed by atoms with van der Waals surface area (Å²) in [7, 11) is 0. The van der Waals surface area contributed by atoms with Crippen molar-refractivity contribution in [3.8, 4) is 0 Å². The Bertz CT molecular complexity index is 715. The Hall–Kier alpha value is -3.16. The molecule has 0 radical (unpaired) electrons. The van der Waals surface area contributed by atoms with Crippen molar-refractivity contribution in [3.63, 3.8) is 0 Å². The highest BCUT2D eigenvalue weighted by Gasteiger charge is 2.24. The van der Waals surface area contributed by atoms with Gasteiger partial charge in [0.2, 0.25) is 0 Å². The van der Waals surface area contributed by atoms with Crippen molar-refractivity contribution in [1.82, 2.24) is 4.98 Å². The molecule has 0 bridgehead atoms. The summed E-state index contributed by atoms with van der Waals surface area (Å²) >= 11 is 0. The highest BCUT2D eigenvalue weighted by molar-refractivity contribution is 6.09. The first-order valence-corrected chi connectivity index (χ1v) is 7.37. The Kier molecular flexibility index (Phi) is 5.67. The summed E-state index contributed by atoms with van der Waals surface area (Å²) in [5.74, 6) is 0.122. The first-order valence-electron chi connectivity index (χ1n) is 7.37. The van der Waals surface area contributed by atoms with E-state index in [-0.39, 0.29) is 12.6 Å². The van der Waals surface area contributed by atoms with Gasteiger partial charge in [-0.1, -0.05) is 12.6 Å². The van der Waals surface area contributed by atoms with E-state index in [0.29, 0.717) is 22.9 Å². The van der Waals surface area contributed by atoms with E-state index in [1.54, 1.807) is 24.4 Å². The molecule has 1 aliphatic rings. The fourth-order valence-corrected chi connectivity index (χ4v) is 1.86. The molecule has 1 fully saturated rings. The minimum atomic E-state index is -0.876. The monoisotopic (exact) mass is 328 g/mol. The topological polar surface area (TPSA) is 142 Å². The van der Waals surface area contributed by atoms with Gasteiger partial charge in [-0.3, -0.25) is 4.99 Å². The molecule has 1 saturated carbocycles. The van der Waals surface area contributed by atoms with Crippen LogP contribution in [0.2, 0.25) is 0 Å². The van der Waals surface area contributed by atoms with Gasteiger partial charge in [-0.2, -0.15) is 0 Å². The van der Waals surface area contributed by atoms with Gasteiger partial charge in [-0.25, -0.2) is 9.78 Å². The number of aromatic nitrogens is 1. The van der Waals surface area contributed by atoms with Crippen molar-refractivity contribution in [2.24, 2.45) is 33.1 Å². The summed E-state index contributed by atoms with van der Waals surface area (Å²) in [6.07, 6.45) is 4.44. The standard InChI is InChI=1S/C16H20N6O2/c1-10(11-5-6-11)20-8-12(7-17)14-4-2-3-13(21-14)9-24-16(23)22-15(18)19/h2-4,7-8,11H,1,5-6,9,17H2,(H4,18,19,22,23)/b12-7+,20-8?. The normalized spacial score (nSPS) is 14.4. The van der Waals surface area contributed by atoms with Crippen LogP contribution in [-0.4, -0.2) is 23.3 Å². The molecule has 0 atom stereocenters. The lowest BCUT2D eigenvalue weighted by Gasteiger charge is -2.05. The number of aliphatic imine (C=N–C) groups is 2. The van der Waals surface area contributed by atoms with E-state index in [9.17, 15) is 4.79 Å². The number of nitrogens with zero attached hydrogens (tertiary/aromatic N) is 3. The molecule has 2 rings (SSSR count). The van der Waals surface area contributed by atoms with E-state index in [2.05, 4.69) is 21.5 Å². The number of hydrogen-bond acceptors (Lipinski definition) is 5. The number of nitrogens with two attached hydrogens (primary N) is 3. The maximum atomic E-state index is 11.3. The summed E-state index contributed by atoms with van der Waals surface area (Å²) in [6.45, 7) is 3.87. The number of carbonyl (C=O) groups is 1. The van der Waals surface area contributed by atoms with Crippen LogP contribution in [0.25, 0.3) is 5.57 Å². The molecule has 1 aliphatic carbocycles. The lowest BCUT2D eigenvalue weighted by Crippen LogP contribution is -2.24. The predicted molar refractivity (Wildman–Crippen MR) is 92.8 cm³/mol. The van der Waals surface area contributed by atoms with E-state index in [4.69, 9.17) is 21.9 Å². The zero-order valence-electron chi connectivity index (χ0n) is 13.2. The second kappa shape index (κ2) is 7.91. The van der Waals surface area contributed by atoms with E-state index < -0.39 is 6.09 Å². The number of allylic oxidation sites excluding steroid dienone is 2. The maximum absolute atomic E-state index is 11.3. The number of ether oxygens (including phenoxy) is 1. The molecule has 0 aromatic carbocycles. The van der Waals surface area contributed by atoms with Crippen molar-refractivity contribution in [1.29, 1.82) is 0 Å². The zero-order valence-corrected chi connectivity index (χ0v) is 13.2. The molecular weight excluding hydrogens is 308 g/mol. The average Bonchev–Trinajstić information content (AvgIpc) is 3.38. The number of amides is 1. The molecule has 1 aromatic rings. The van der Waals surface area contributed by atoms with Crippen LogP contribution in [0.4, 0.5) is 4.79 Å². The van der Waals surface area contributed by atoms with Gasteiger partial charge in [0.1, 0.15) is 6.61 Å². The molecule has 1 heterocycles. The van der Waals surface area contributed by atoms with Gasteiger partial charge in [0, 0.05) is 29.6 Å². The zero-order chi connectivity index (χ0) is 17.5. The summed E-state index contributed by atoms with van der Waals surface area (Å²) in [4.78, 5) is 23.3. The van der Waals surface area contributed by atoms with Crippen LogP contribution < -0.4 is 17.2 Å². The summed E-state index contributed by atoms with van der Waals surface area (Å²) in [5.41, 5.74) is 18.5. The molecule has 0 unspecified atom stereocenters. The molecule has 1 amide bonds. The Morgan fingerprint density at radius 2 is 2.17 bits per heavy atom. The molecule has 24 heavy (non-hydrogen) atoms. The van der Waals surface area contributed by atoms with E-state index >= 15 is 0 Å². The van der Waals surface area contributed by atoms with Crippen LogP contribution in [-0.2, 0) is 11.3 Å². The fourth-order valence-electron chi connectivity index (χ4n) is 1.86. The highest BCUT2D eigenvalue weighted by atomic mass is 16.5. The third-order valence-corrected chi connectivity index (χ3v) is 3.26. The van der Waals surface area contributed by atoms with Crippen molar-refractivity contribution in [3.05, 3.63) is 48.1 Å². The summed E-state index contributed by atoms with van der Waals surface area (Å²) in [5, 5.41) is 0. The number of carbonyl (C=O) groups excluding carboxylic acids is 1. The maximum Gasteiger partial charge on any atom is 0.437 e. The van der Waals surface area contributed by atoms with Gasteiger partial charge in [0.25, 0.3) is 0 Å². The second-order valence-corrected chi connectivity index (χ2v) is 5.25. The van der Waals surface area contributed by atoms with Crippen LogP contribution in [0.5, 0.6) is 0 Å². The van der Waals surface area contributed by atoms with Gasteiger partial charge in [0.05, 0.1) is 11.4 Å². The van der Waals surface area contributed by atoms with Crippen molar-refractivity contribution in [2.75, 3.05) is 0 Å². The number of rotatable bonds is 6. The molecule has 6 N–H and O–H groups in total. The Morgan fingerprint density at radius 3 is 2.79 bits per heavy atom. The largest absolute Gasteiger partial charge is 0.441 e. The summed E-state index contributed by atoms with van der Waals surface area (Å²) < 4.78 is 4.90. The fraction of sp³-hybridized carbons (Fsp3) is 0.250. The van der Waals surface area contributed by atoms with Gasteiger partial charge in [-0.15, -0.1) is 4.99 Å². The highest BCUT2D eigenvalue weighted by Crippen LogP contribution is 2.36. The van der Waals surface area contributed by atoms with Crippen molar-refractivity contribution in [2.45, 2.75) is 19.4 Å². The van der Waals surface area contributed by atoms with Crippen LogP contribution in [0.1, 0.15) is 24.2 Å². The summed E-state index contributed by atoms with van der Waals surface area (Å²) in [6, 6.07) is 5.27. The van der Waals surface area contributed by atoms with Crippen LogP contribution in [0.3, 0.4) is 0 Å². The van der Waals surface area contributed by atoms with Gasteiger partial charge < -0.3 is 21.9 Å². The first kappa shape index (κ1) is 17.2. The minimum absolute atomic E-state index is 0.0623. The number of pyridine rings is 1. The predicted octanol–water partition coefficient (Wildman–Crippen LogP) is 1.29. The third-order valence-electron chi connectivity index (χ3n) is 3.26. The smallest absolute Gasteiger partial charge is 0.437 e. The number of guanidine groups is 1.